The number of aryl methyl sites for hydroxylation is 1. The quantitative estimate of drug-likeness (QED) is 0.754. The Morgan fingerprint density at radius 3 is 2.75 bits per heavy atom. The van der Waals surface area contributed by atoms with Gasteiger partial charge in [-0.25, -0.2) is 8.78 Å². The molecular weight excluding hydrogens is 278 g/mol. The number of benzene rings is 1. The van der Waals surface area contributed by atoms with Crippen LogP contribution in [0.25, 0.3) is 0 Å². The topological polar surface area (TPSA) is 9.23 Å². The number of alkyl halides is 1. The van der Waals surface area contributed by atoms with Gasteiger partial charge in [0.25, 0.3) is 0 Å². The van der Waals surface area contributed by atoms with E-state index in [0.717, 1.165) is 12.5 Å². The van der Waals surface area contributed by atoms with Crippen molar-refractivity contribution in [3.63, 3.8) is 0 Å². The summed E-state index contributed by atoms with van der Waals surface area (Å²) in [5.41, 5.74) is 0.995. The summed E-state index contributed by atoms with van der Waals surface area (Å²) in [5, 5.41) is 0. The lowest BCUT2D eigenvalue weighted by Gasteiger charge is -2.17. The van der Waals surface area contributed by atoms with Crippen molar-refractivity contribution in [2.24, 2.45) is 5.92 Å². The van der Waals surface area contributed by atoms with E-state index in [1.807, 2.05) is 0 Å². The molecule has 0 saturated carbocycles. The SMILES string of the molecule is Cc1cc(C(Br)C2CCOC2)c(F)cc1F. The Balaban J connectivity index is 2.28. The lowest BCUT2D eigenvalue weighted by atomic mass is 9.97. The Morgan fingerprint density at radius 2 is 2.12 bits per heavy atom. The van der Waals surface area contributed by atoms with Crippen LogP contribution >= 0.6 is 15.9 Å². The number of rotatable bonds is 2. The van der Waals surface area contributed by atoms with Gasteiger partial charge in [-0.05, 0) is 25.0 Å². The maximum atomic E-state index is 13.6. The fraction of sp³-hybridized carbons (Fsp3) is 0.500. The van der Waals surface area contributed by atoms with Crippen LogP contribution in [0, 0.1) is 24.5 Å². The Hall–Kier alpha value is -0.480. The molecule has 0 aliphatic carbocycles. The van der Waals surface area contributed by atoms with Crippen molar-refractivity contribution >= 4 is 15.9 Å². The van der Waals surface area contributed by atoms with Gasteiger partial charge in [0.15, 0.2) is 0 Å². The molecule has 1 aliphatic rings. The fourth-order valence-corrected chi connectivity index (χ4v) is 2.70. The molecule has 1 aliphatic heterocycles. The van der Waals surface area contributed by atoms with E-state index in [1.165, 1.54) is 0 Å². The number of halogens is 3. The molecule has 0 radical (unpaired) electrons. The van der Waals surface area contributed by atoms with Crippen molar-refractivity contribution in [3.05, 3.63) is 34.9 Å². The third-order valence-electron chi connectivity index (χ3n) is 2.95. The van der Waals surface area contributed by atoms with Gasteiger partial charge in [0.2, 0.25) is 0 Å². The molecule has 0 amide bonds. The minimum Gasteiger partial charge on any atom is -0.381 e. The van der Waals surface area contributed by atoms with E-state index >= 15 is 0 Å². The second-order valence-corrected chi connectivity index (χ2v) is 5.13. The van der Waals surface area contributed by atoms with Crippen LogP contribution in [0.2, 0.25) is 0 Å². The lowest BCUT2D eigenvalue weighted by Crippen LogP contribution is -2.09. The van der Waals surface area contributed by atoms with Crippen molar-refractivity contribution in [1.29, 1.82) is 0 Å². The van der Waals surface area contributed by atoms with Crippen molar-refractivity contribution < 1.29 is 13.5 Å². The molecule has 1 aromatic rings. The van der Waals surface area contributed by atoms with E-state index in [4.69, 9.17) is 4.74 Å². The van der Waals surface area contributed by atoms with Crippen LogP contribution in [0.1, 0.15) is 22.4 Å². The highest BCUT2D eigenvalue weighted by Gasteiger charge is 2.27. The zero-order valence-corrected chi connectivity index (χ0v) is 10.6. The summed E-state index contributed by atoms with van der Waals surface area (Å²) in [6.45, 7) is 2.99. The smallest absolute Gasteiger partial charge is 0.130 e. The lowest BCUT2D eigenvalue weighted by molar-refractivity contribution is 0.185. The van der Waals surface area contributed by atoms with Crippen LogP contribution < -0.4 is 0 Å². The number of ether oxygens (including phenoxy) is 1. The molecule has 0 spiro atoms. The van der Waals surface area contributed by atoms with Gasteiger partial charge in [-0.3, -0.25) is 0 Å². The van der Waals surface area contributed by atoms with E-state index in [2.05, 4.69) is 15.9 Å². The van der Waals surface area contributed by atoms with E-state index in [9.17, 15) is 8.78 Å². The Morgan fingerprint density at radius 1 is 1.38 bits per heavy atom. The fourth-order valence-electron chi connectivity index (χ4n) is 1.93. The summed E-state index contributed by atoms with van der Waals surface area (Å²) < 4.78 is 32.0. The molecule has 2 rings (SSSR count). The van der Waals surface area contributed by atoms with Crippen molar-refractivity contribution in [3.8, 4) is 0 Å². The standard InChI is InChI=1S/C12H13BrF2O/c1-7-4-9(11(15)5-10(7)14)12(13)8-2-3-16-6-8/h4-5,8,12H,2-3,6H2,1H3. The van der Waals surface area contributed by atoms with Crippen LogP contribution in [0.5, 0.6) is 0 Å². The van der Waals surface area contributed by atoms with Gasteiger partial charge < -0.3 is 4.74 Å². The zero-order chi connectivity index (χ0) is 11.7. The molecule has 2 atom stereocenters. The molecule has 1 heterocycles. The minimum atomic E-state index is -0.497. The number of hydrogen-bond acceptors (Lipinski definition) is 1. The number of hydrogen-bond donors (Lipinski definition) is 0. The van der Waals surface area contributed by atoms with Crippen LogP contribution in [0.3, 0.4) is 0 Å². The van der Waals surface area contributed by atoms with E-state index in [-0.39, 0.29) is 10.7 Å². The molecule has 0 aromatic heterocycles. The largest absolute Gasteiger partial charge is 0.381 e. The monoisotopic (exact) mass is 290 g/mol. The molecule has 1 fully saturated rings. The highest BCUT2D eigenvalue weighted by Crippen LogP contribution is 2.37. The summed E-state index contributed by atoms with van der Waals surface area (Å²) in [4.78, 5) is -0.103. The first kappa shape index (κ1) is 12.0. The maximum Gasteiger partial charge on any atom is 0.130 e. The molecule has 0 bridgehead atoms. The molecule has 1 nitrogen and oxygen atoms in total. The summed E-state index contributed by atoms with van der Waals surface area (Å²) in [6, 6.07) is 2.52. The van der Waals surface area contributed by atoms with Gasteiger partial charge in [-0.2, -0.15) is 0 Å². The third kappa shape index (κ3) is 2.28. The molecule has 16 heavy (non-hydrogen) atoms. The first-order valence-corrected chi connectivity index (χ1v) is 6.18. The maximum absolute atomic E-state index is 13.6. The third-order valence-corrected chi connectivity index (χ3v) is 4.19. The average molecular weight is 291 g/mol. The van der Waals surface area contributed by atoms with Gasteiger partial charge >= 0.3 is 0 Å². The van der Waals surface area contributed by atoms with Crippen LogP contribution in [0.15, 0.2) is 12.1 Å². The molecule has 1 aromatic carbocycles. The zero-order valence-electron chi connectivity index (χ0n) is 8.97. The molecule has 4 heteroatoms. The molecule has 1 saturated heterocycles. The van der Waals surface area contributed by atoms with Crippen molar-refractivity contribution in [2.45, 2.75) is 18.2 Å². The Labute approximate surface area is 102 Å². The first-order valence-electron chi connectivity index (χ1n) is 5.27. The summed E-state index contributed by atoms with van der Waals surface area (Å²) in [7, 11) is 0. The highest BCUT2D eigenvalue weighted by atomic mass is 79.9. The predicted molar refractivity (Wildman–Crippen MR) is 61.7 cm³/mol. The normalized spacial score (nSPS) is 22.4. The predicted octanol–water partition coefficient (Wildman–Crippen LogP) is 3.75. The molecule has 2 unspecified atom stereocenters. The van der Waals surface area contributed by atoms with Crippen molar-refractivity contribution in [2.75, 3.05) is 13.2 Å². The van der Waals surface area contributed by atoms with Crippen LogP contribution in [-0.4, -0.2) is 13.2 Å². The van der Waals surface area contributed by atoms with Gasteiger partial charge in [0, 0.05) is 29.0 Å². The van der Waals surface area contributed by atoms with Crippen molar-refractivity contribution in [1.82, 2.24) is 0 Å². The highest BCUT2D eigenvalue weighted by molar-refractivity contribution is 9.09. The molecular formula is C12H13BrF2O. The van der Waals surface area contributed by atoms with Gasteiger partial charge in [-0.15, -0.1) is 0 Å². The van der Waals surface area contributed by atoms with E-state index in [0.29, 0.717) is 24.3 Å². The second-order valence-electron chi connectivity index (χ2n) is 4.15. The van der Waals surface area contributed by atoms with E-state index in [1.54, 1.807) is 13.0 Å². The Kier molecular flexibility index (Phi) is 3.60. The Bertz CT molecular complexity index is 389. The van der Waals surface area contributed by atoms with Crippen LogP contribution in [-0.2, 0) is 4.74 Å². The summed E-state index contributed by atoms with van der Waals surface area (Å²) in [6.07, 6.45) is 0.909. The summed E-state index contributed by atoms with van der Waals surface area (Å²) >= 11 is 3.48. The first-order chi connectivity index (χ1) is 7.59. The second kappa shape index (κ2) is 4.80. The van der Waals surface area contributed by atoms with Crippen LogP contribution in [0.4, 0.5) is 8.78 Å². The average Bonchev–Trinajstić information content (AvgIpc) is 2.75. The van der Waals surface area contributed by atoms with E-state index < -0.39 is 11.6 Å². The van der Waals surface area contributed by atoms with Gasteiger partial charge in [0.1, 0.15) is 11.6 Å². The molecule has 88 valence electrons. The van der Waals surface area contributed by atoms with Gasteiger partial charge in [0.05, 0.1) is 6.61 Å². The van der Waals surface area contributed by atoms with Gasteiger partial charge in [-0.1, -0.05) is 15.9 Å². The minimum absolute atomic E-state index is 0.103. The summed E-state index contributed by atoms with van der Waals surface area (Å²) in [5.74, 6) is -0.722. The molecule has 0 N–H and O–H groups in total.